The number of nitrogens with zero attached hydrogens (tertiary/aromatic N) is 1. The van der Waals surface area contributed by atoms with Gasteiger partial charge >= 0.3 is 0 Å². The molecule has 0 bridgehead atoms. The van der Waals surface area contributed by atoms with Crippen LogP contribution in [0.25, 0.3) is 11.0 Å². The summed E-state index contributed by atoms with van der Waals surface area (Å²) in [5.74, 6) is 0. The van der Waals surface area contributed by atoms with Crippen LogP contribution in [0, 0.1) is 0 Å². The fourth-order valence-electron chi connectivity index (χ4n) is 2.32. The average Bonchev–Trinajstić information content (AvgIpc) is 2.55. The Bertz CT molecular complexity index is 562. The highest BCUT2D eigenvalue weighted by Crippen LogP contribution is 2.37. The molecule has 2 heterocycles. The molecule has 1 aliphatic heterocycles. The molecule has 16 heavy (non-hydrogen) atoms. The first-order chi connectivity index (χ1) is 7.66. The Hall–Kier alpha value is -0.700. The first-order valence-corrected chi connectivity index (χ1v) is 5.98. The van der Waals surface area contributed by atoms with Crippen molar-refractivity contribution in [1.82, 2.24) is 4.90 Å². The van der Waals surface area contributed by atoms with Gasteiger partial charge in [-0.3, -0.25) is 0 Å². The van der Waals surface area contributed by atoms with E-state index in [1.165, 1.54) is 5.56 Å². The molecule has 0 amide bonds. The van der Waals surface area contributed by atoms with Crippen LogP contribution in [-0.2, 0) is 13.0 Å². The molecule has 0 saturated carbocycles. The van der Waals surface area contributed by atoms with Gasteiger partial charge in [0.1, 0.15) is 0 Å². The summed E-state index contributed by atoms with van der Waals surface area (Å²) in [6.45, 7) is 1.89. The third kappa shape index (κ3) is 1.45. The molecule has 0 spiro atoms. The fourth-order valence-corrected chi connectivity index (χ4v) is 2.92. The van der Waals surface area contributed by atoms with Crippen LogP contribution in [-0.4, -0.2) is 18.5 Å². The molecular formula is C12H11Cl2NO. The summed E-state index contributed by atoms with van der Waals surface area (Å²) in [6.07, 6.45) is 2.73. The highest BCUT2D eigenvalue weighted by molar-refractivity contribution is 6.38. The lowest BCUT2D eigenvalue weighted by Crippen LogP contribution is -2.18. The van der Waals surface area contributed by atoms with Gasteiger partial charge in [-0.2, -0.15) is 0 Å². The van der Waals surface area contributed by atoms with Gasteiger partial charge in [-0.05, 0) is 25.1 Å². The van der Waals surface area contributed by atoms with E-state index < -0.39 is 0 Å². The van der Waals surface area contributed by atoms with E-state index in [2.05, 4.69) is 11.9 Å². The molecule has 84 valence electrons. The summed E-state index contributed by atoms with van der Waals surface area (Å²) >= 11 is 12.4. The maximum absolute atomic E-state index is 6.25. The molecule has 0 atom stereocenters. The molecule has 0 unspecified atom stereocenters. The lowest BCUT2D eigenvalue weighted by Gasteiger charge is -2.12. The monoisotopic (exact) mass is 255 g/mol. The lowest BCUT2D eigenvalue weighted by molar-refractivity contribution is 0.334. The number of likely N-dealkylation sites (N-methyl/N-ethyl adjacent to an activating group) is 1. The number of rotatable bonds is 0. The predicted molar refractivity (Wildman–Crippen MR) is 66.3 cm³/mol. The van der Waals surface area contributed by atoms with Crippen LogP contribution < -0.4 is 0 Å². The quantitative estimate of drug-likeness (QED) is 0.714. The Balaban J connectivity index is 2.38. The zero-order chi connectivity index (χ0) is 11.3. The van der Waals surface area contributed by atoms with Gasteiger partial charge in [-0.25, -0.2) is 0 Å². The molecule has 1 aliphatic rings. The normalized spacial score (nSPS) is 16.7. The minimum atomic E-state index is 0.597. The van der Waals surface area contributed by atoms with Gasteiger partial charge in [0.05, 0.1) is 11.3 Å². The predicted octanol–water partition coefficient (Wildman–Crippen LogP) is 3.73. The molecule has 1 aromatic heterocycles. The number of halogens is 2. The van der Waals surface area contributed by atoms with Gasteiger partial charge in [0, 0.05) is 29.1 Å². The van der Waals surface area contributed by atoms with Gasteiger partial charge in [0.15, 0.2) is 5.58 Å². The van der Waals surface area contributed by atoms with E-state index in [0.29, 0.717) is 5.02 Å². The van der Waals surface area contributed by atoms with Gasteiger partial charge in [0.25, 0.3) is 0 Å². The van der Waals surface area contributed by atoms with Gasteiger partial charge in [-0.1, -0.05) is 23.2 Å². The Morgan fingerprint density at radius 1 is 1.31 bits per heavy atom. The van der Waals surface area contributed by atoms with Gasteiger partial charge in [-0.15, -0.1) is 0 Å². The average molecular weight is 256 g/mol. The zero-order valence-electron chi connectivity index (χ0n) is 8.89. The number of furan rings is 1. The van der Waals surface area contributed by atoms with Gasteiger partial charge < -0.3 is 9.32 Å². The topological polar surface area (TPSA) is 16.4 Å². The maximum Gasteiger partial charge on any atom is 0.153 e. The van der Waals surface area contributed by atoms with Crippen LogP contribution in [0.3, 0.4) is 0 Å². The standard InChI is InChI=1S/C12H11Cl2NO/c1-15-3-2-8-9(13)4-10(14)12-11(8)7(5-15)6-16-12/h4,6H,2-3,5H2,1H3. The number of hydrogen-bond acceptors (Lipinski definition) is 2. The Labute approximate surface area is 104 Å². The summed E-state index contributed by atoms with van der Waals surface area (Å²) in [5, 5.41) is 2.46. The third-order valence-corrected chi connectivity index (χ3v) is 3.73. The van der Waals surface area contributed by atoms with Crippen molar-refractivity contribution in [1.29, 1.82) is 0 Å². The van der Waals surface area contributed by atoms with Crippen molar-refractivity contribution >= 4 is 34.2 Å². The van der Waals surface area contributed by atoms with Crippen LogP contribution in [0.4, 0.5) is 0 Å². The summed E-state index contributed by atoms with van der Waals surface area (Å²) in [6, 6.07) is 1.78. The maximum atomic E-state index is 6.25. The van der Waals surface area contributed by atoms with E-state index in [0.717, 1.165) is 41.1 Å². The van der Waals surface area contributed by atoms with Crippen molar-refractivity contribution in [2.24, 2.45) is 0 Å². The lowest BCUT2D eigenvalue weighted by atomic mass is 10.1. The van der Waals surface area contributed by atoms with E-state index in [-0.39, 0.29) is 0 Å². The van der Waals surface area contributed by atoms with Crippen molar-refractivity contribution in [2.75, 3.05) is 13.6 Å². The van der Waals surface area contributed by atoms with E-state index in [9.17, 15) is 0 Å². The summed E-state index contributed by atoms with van der Waals surface area (Å²) < 4.78 is 5.53. The SMILES string of the molecule is CN1CCc2c(Cl)cc(Cl)c3occ(c23)C1. The smallest absolute Gasteiger partial charge is 0.153 e. The number of benzene rings is 1. The first-order valence-electron chi connectivity index (χ1n) is 5.22. The fraction of sp³-hybridized carbons (Fsp3) is 0.333. The first kappa shape index (κ1) is 10.5. The van der Waals surface area contributed by atoms with Crippen LogP contribution >= 0.6 is 23.2 Å². The molecular weight excluding hydrogens is 245 g/mol. The highest BCUT2D eigenvalue weighted by atomic mass is 35.5. The van der Waals surface area contributed by atoms with Gasteiger partial charge in [0.2, 0.25) is 0 Å². The molecule has 4 heteroatoms. The molecule has 2 aromatic rings. The van der Waals surface area contributed by atoms with Crippen LogP contribution in [0.5, 0.6) is 0 Å². The summed E-state index contributed by atoms with van der Waals surface area (Å²) in [5.41, 5.74) is 3.11. The van der Waals surface area contributed by atoms with Crippen molar-refractivity contribution in [2.45, 2.75) is 13.0 Å². The minimum absolute atomic E-state index is 0.597. The Morgan fingerprint density at radius 2 is 2.12 bits per heavy atom. The zero-order valence-corrected chi connectivity index (χ0v) is 10.4. The van der Waals surface area contributed by atoms with Crippen LogP contribution in [0.2, 0.25) is 10.0 Å². The largest absolute Gasteiger partial charge is 0.462 e. The molecule has 0 saturated heterocycles. The second-order valence-electron chi connectivity index (χ2n) is 4.27. The number of hydrogen-bond donors (Lipinski definition) is 0. The highest BCUT2D eigenvalue weighted by Gasteiger charge is 2.20. The van der Waals surface area contributed by atoms with Crippen molar-refractivity contribution < 1.29 is 4.42 Å². The molecule has 1 aromatic carbocycles. The molecule has 0 aliphatic carbocycles. The van der Waals surface area contributed by atoms with Crippen LogP contribution in [0.1, 0.15) is 11.1 Å². The molecule has 3 rings (SSSR count). The molecule has 0 radical (unpaired) electrons. The van der Waals surface area contributed by atoms with E-state index in [1.54, 1.807) is 12.3 Å². The molecule has 0 N–H and O–H groups in total. The molecule has 0 fully saturated rings. The molecule has 2 nitrogen and oxygen atoms in total. The summed E-state index contributed by atoms with van der Waals surface area (Å²) in [7, 11) is 2.10. The second kappa shape index (κ2) is 3.66. The van der Waals surface area contributed by atoms with E-state index in [1.807, 2.05) is 0 Å². The van der Waals surface area contributed by atoms with Crippen molar-refractivity contribution in [3.05, 3.63) is 33.5 Å². The Morgan fingerprint density at radius 3 is 2.94 bits per heavy atom. The van der Waals surface area contributed by atoms with Crippen molar-refractivity contribution in [3.8, 4) is 0 Å². The van der Waals surface area contributed by atoms with Crippen molar-refractivity contribution in [3.63, 3.8) is 0 Å². The van der Waals surface area contributed by atoms with E-state index in [4.69, 9.17) is 27.6 Å². The Kier molecular flexibility index (Phi) is 2.39. The van der Waals surface area contributed by atoms with E-state index >= 15 is 0 Å². The summed E-state index contributed by atoms with van der Waals surface area (Å²) in [4.78, 5) is 2.26. The second-order valence-corrected chi connectivity index (χ2v) is 5.09. The third-order valence-electron chi connectivity index (χ3n) is 3.11. The van der Waals surface area contributed by atoms with Crippen LogP contribution in [0.15, 0.2) is 16.7 Å². The minimum Gasteiger partial charge on any atom is -0.462 e.